The van der Waals surface area contributed by atoms with E-state index in [1.54, 1.807) is 0 Å². The number of nitrogens with zero attached hydrogens (tertiary/aromatic N) is 6. The number of phenols is 2. The van der Waals surface area contributed by atoms with E-state index in [1.165, 1.54) is 0 Å². The molecule has 50 heavy (non-hydrogen) atoms. The van der Waals surface area contributed by atoms with E-state index in [9.17, 15) is 82.3 Å². The molecule has 0 saturated carbocycles. The van der Waals surface area contributed by atoms with Gasteiger partial charge in [0.05, 0.1) is 15.2 Å². The molecule has 0 radical (unpaired) electrons. The van der Waals surface area contributed by atoms with Crippen LogP contribution < -0.4 is 0 Å². The maximum Gasteiger partial charge on any atom is 0.297 e. The zero-order valence-corrected chi connectivity index (χ0v) is 26.8. The van der Waals surface area contributed by atoms with Crippen LogP contribution in [0.1, 0.15) is 0 Å². The molecule has 0 aromatic heterocycles. The van der Waals surface area contributed by atoms with Gasteiger partial charge in [-0.15, -0.1) is 20.5 Å². The van der Waals surface area contributed by atoms with Crippen molar-refractivity contribution in [3.63, 3.8) is 0 Å². The minimum atomic E-state index is -5.49. The Morgan fingerprint density at radius 3 is 1.10 bits per heavy atom. The van der Waals surface area contributed by atoms with Crippen molar-refractivity contribution in [2.75, 3.05) is 0 Å². The number of hydrogen-bond acceptors (Lipinski definition) is 18. The highest BCUT2D eigenvalue weighted by Crippen LogP contribution is 2.50. The van der Waals surface area contributed by atoms with Gasteiger partial charge in [0.1, 0.15) is 42.3 Å². The van der Waals surface area contributed by atoms with E-state index in [-0.39, 0.29) is 0 Å². The summed E-state index contributed by atoms with van der Waals surface area (Å²) in [4.78, 5) is 14.8. The van der Waals surface area contributed by atoms with Gasteiger partial charge in [0, 0.05) is 24.3 Å². The summed E-state index contributed by atoms with van der Waals surface area (Å²) in [6, 6.07) is 4.06. The minimum absolute atomic E-state index is 0.339. The molecule has 28 heteroatoms. The molecule has 4 rings (SSSR count). The molecule has 0 aliphatic carbocycles. The molecule has 0 saturated heterocycles. The van der Waals surface area contributed by atoms with E-state index in [4.69, 9.17) is 0 Å². The molecule has 24 nitrogen and oxygen atoms in total. The van der Waals surface area contributed by atoms with Gasteiger partial charge in [-0.05, 0) is 29.7 Å². The summed E-state index contributed by atoms with van der Waals surface area (Å²) in [7, 11) is -21.5. The maximum absolute atomic E-state index is 12.2. The smallest absolute Gasteiger partial charge is 0.297 e. The third-order valence-corrected chi connectivity index (χ3v) is 9.69. The van der Waals surface area contributed by atoms with Crippen molar-refractivity contribution in [1.82, 2.24) is 0 Å². The average Bonchev–Trinajstić information content (AvgIpc) is 2.97. The van der Waals surface area contributed by atoms with Crippen LogP contribution in [0.15, 0.2) is 88.6 Å². The molecular weight excluding hydrogens is 765 g/mol. The number of benzene rings is 4. The molecule has 0 amide bonds. The third kappa shape index (κ3) is 7.50. The van der Waals surface area contributed by atoms with E-state index in [1.807, 2.05) is 0 Å². The largest absolute Gasteiger partial charge is 0.505 e. The van der Waals surface area contributed by atoms with Crippen LogP contribution in [0, 0.1) is 20.2 Å². The van der Waals surface area contributed by atoms with Crippen LogP contribution in [0.2, 0.25) is 0 Å². The van der Waals surface area contributed by atoms with Crippen LogP contribution in [0.25, 0.3) is 10.8 Å². The molecule has 0 fully saturated rings. The number of nitro groups is 2. The van der Waals surface area contributed by atoms with Gasteiger partial charge in [-0.2, -0.15) is 33.7 Å². The first-order chi connectivity index (χ1) is 22.8. The standard InChI is InChI=1S/C22H14N6O18S4/c29-21-18-9(5-16(49(41,42)43)19(21)25-23-12-3-1-10(27(31)32)7-14(12)47(35,36)37)6-17(50(44,45)46)20(22(18)30)26-24-13-4-2-11(28(33)34)8-15(13)48(38,39)40/h1-8,29-30H,(H,35,36,37)(H,38,39,40)(H,41,42,43)(H,44,45,46)/b25-23+,26-24+. The second kappa shape index (κ2) is 12.7. The molecule has 264 valence electrons. The summed E-state index contributed by atoms with van der Waals surface area (Å²) in [6.45, 7) is 0. The first kappa shape index (κ1) is 37.2. The van der Waals surface area contributed by atoms with Crippen LogP contribution in [0.5, 0.6) is 11.5 Å². The van der Waals surface area contributed by atoms with E-state index >= 15 is 0 Å². The number of rotatable bonds is 10. The molecule has 0 unspecified atom stereocenters. The Hall–Kier alpha value is -5.62. The Kier molecular flexibility index (Phi) is 9.44. The van der Waals surface area contributed by atoms with Gasteiger partial charge in [-0.3, -0.25) is 38.4 Å². The summed E-state index contributed by atoms with van der Waals surface area (Å²) in [6.07, 6.45) is 0. The summed E-state index contributed by atoms with van der Waals surface area (Å²) in [5.41, 5.74) is -6.11. The van der Waals surface area contributed by atoms with E-state index in [0.29, 0.717) is 48.5 Å². The fraction of sp³-hybridized carbons (Fsp3) is 0. The summed E-state index contributed by atoms with van der Waals surface area (Å²) < 4.78 is 135. The number of aromatic hydroxyl groups is 2. The second-order valence-electron chi connectivity index (χ2n) is 9.36. The molecular formula is C22H14N6O18S4. The summed E-state index contributed by atoms with van der Waals surface area (Å²) in [5.74, 6) is -2.95. The summed E-state index contributed by atoms with van der Waals surface area (Å²) >= 11 is 0. The lowest BCUT2D eigenvalue weighted by atomic mass is 10.1. The van der Waals surface area contributed by atoms with Crippen molar-refractivity contribution in [3.05, 3.63) is 68.8 Å². The lowest BCUT2D eigenvalue weighted by Crippen LogP contribution is -2.02. The first-order valence-corrected chi connectivity index (χ1v) is 17.9. The quantitative estimate of drug-likeness (QED) is 0.0575. The van der Waals surface area contributed by atoms with Crippen LogP contribution in [0.4, 0.5) is 34.1 Å². The van der Waals surface area contributed by atoms with Crippen molar-refractivity contribution in [3.8, 4) is 11.5 Å². The summed E-state index contributed by atoms with van der Waals surface area (Å²) in [5, 5.41) is 55.8. The van der Waals surface area contributed by atoms with Gasteiger partial charge in [0.25, 0.3) is 51.8 Å². The number of fused-ring (bicyclic) bond motifs is 1. The van der Waals surface area contributed by atoms with Gasteiger partial charge in [0.2, 0.25) is 0 Å². The van der Waals surface area contributed by atoms with E-state index < -0.39 is 126 Å². The predicted molar refractivity (Wildman–Crippen MR) is 161 cm³/mol. The molecule has 0 aliphatic heterocycles. The normalized spacial score (nSPS) is 13.0. The molecule has 0 aliphatic rings. The average molecular weight is 779 g/mol. The number of nitro benzene ring substituents is 2. The fourth-order valence-electron chi connectivity index (χ4n) is 4.07. The highest BCUT2D eigenvalue weighted by molar-refractivity contribution is 7.86. The first-order valence-electron chi connectivity index (χ1n) is 12.2. The fourth-order valence-corrected chi connectivity index (χ4v) is 6.67. The zero-order chi connectivity index (χ0) is 37.7. The topological polar surface area (TPSA) is 394 Å². The SMILES string of the molecule is O=[N+]([O-])c1ccc(/N=N/c2c(S(=O)(=O)O)cc3cc(S(=O)(=O)O)c(/N=N/c4ccc([N+](=O)[O-])cc4S(=O)(=O)O)c(O)c3c2O)c(S(=O)(=O)O)c1. The molecule has 0 atom stereocenters. The Labute approximate surface area is 277 Å². The lowest BCUT2D eigenvalue weighted by Gasteiger charge is -2.13. The number of non-ortho nitro benzene ring substituents is 2. The Morgan fingerprint density at radius 2 is 0.820 bits per heavy atom. The molecule has 4 aromatic rings. The highest BCUT2D eigenvalue weighted by atomic mass is 32.2. The van der Waals surface area contributed by atoms with Crippen LogP contribution >= 0.6 is 0 Å². The van der Waals surface area contributed by atoms with Crippen molar-refractivity contribution in [2.24, 2.45) is 20.5 Å². The van der Waals surface area contributed by atoms with Crippen LogP contribution in [-0.4, -0.2) is 71.9 Å². The predicted octanol–water partition coefficient (Wildman–Crippen LogP) is 3.89. The van der Waals surface area contributed by atoms with Crippen LogP contribution in [0.3, 0.4) is 0 Å². The maximum atomic E-state index is 12.2. The Morgan fingerprint density at radius 1 is 0.500 bits per heavy atom. The van der Waals surface area contributed by atoms with Crippen molar-refractivity contribution < 1.29 is 71.9 Å². The third-order valence-electron chi connectivity index (χ3n) is 6.19. The number of phenolic OH excluding ortho intramolecular Hbond substituents is 2. The number of azo groups is 2. The van der Waals surface area contributed by atoms with E-state index in [0.717, 1.165) is 0 Å². The Bertz CT molecular complexity index is 2500. The van der Waals surface area contributed by atoms with Gasteiger partial charge < -0.3 is 10.2 Å². The molecule has 4 aromatic carbocycles. The highest BCUT2D eigenvalue weighted by Gasteiger charge is 2.30. The molecule has 0 heterocycles. The van der Waals surface area contributed by atoms with Gasteiger partial charge in [0.15, 0.2) is 11.5 Å². The van der Waals surface area contributed by atoms with E-state index in [2.05, 4.69) is 20.5 Å². The lowest BCUT2D eigenvalue weighted by molar-refractivity contribution is -0.385. The van der Waals surface area contributed by atoms with Gasteiger partial charge in [-0.1, -0.05) is 0 Å². The number of hydrogen-bond donors (Lipinski definition) is 6. The van der Waals surface area contributed by atoms with Gasteiger partial charge >= 0.3 is 0 Å². The molecule has 6 N–H and O–H groups in total. The van der Waals surface area contributed by atoms with Crippen molar-refractivity contribution >= 4 is 85.4 Å². The van der Waals surface area contributed by atoms with Gasteiger partial charge in [-0.25, -0.2) is 0 Å². The second-order valence-corrected chi connectivity index (χ2v) is 14.9. The molecule has 0 spiro atoms. The zero-order valence-electron chi connectivity index (χ0n) is 23.5. The van der Waals surface area contributed by atoms with Crippen molar-refractivity contribution in [2.45, 2.75) is 19.6 Å². The Balaban J connectivity index is 2.07. The molecule has 0 bridgehead atoms. The van der Waals surface area contributed by atoms with Crippen LogP contribution in [-0.2, 0) is 40.5 Å². The monoisotopic (exact) mass is 778 g/mol. The van der Waals surface area contributed by atoms with Crippen molar-refractivity contribution in [1.29, 1.82) is 0 Å². The minimum Gasteiger partial charge on any atom is -0.505 e.